The SMILES string of the molecule is CCOC(=O)c1noc(Cc2ccc(Br)cc2)n1. The second kappa shape index (κ2) is 5.77. The van der Waals surface area contributed by atoms with Crippen LogP contribution >= 0.6 is 15.9 Å². The lowest BCUT2D eigenvalue weighted by Gasteiger charge is -1.96. The molecule has 0 unspecified atom stereocenters. The molecule has 0 amide bonds. The normalized spacial score (nSPS) is 10.3. The van der Waals surface area contributed by atoms with Gasteiger partial charge in [-0.05, 0) is 29.8 Å². The molecule has 6 heteroatoms. The number of aromatic nitrogens is 2. The molecule has 2 aromatic rings. The van der Waals surface area contributed by atoms with E-state index in [0.717, 1.165) is 10.0 Å². The molecule has 0 aliphatic heterocycles. The summed E-state index contributed by atoms with van der Waals surface area (Å²) in [6, 6.07) is 7.74. The quantitative estimate of drug-likeness (QED) is 0.812. The van der Waals surface area contributed by atoms with E-state index in [0.29, 0.717) is 12.3 Å². The number of hydrogen-bond acceptors (Lipinski definition) is 5. The van der Waals surface area contributed by atoms with E-state index in [2.05, 4.69) is 26.1 Å². The van der Waals surface area contributed by atoms with Gasteiger partial charge in [0.1, 0.15) is 0 Å². The van der Waals surface area contributed by atoms with Crippen LogP contribution in [0.15, 0.2) is 33.3 Å². The molecule has 1 aromatic carbocycles. The molecule has 0 radical (unpaired) electrons. The van der Waals surface area contributed by atoms with Crippen LogP contribution in [0.2, 0.25) is 0 Å². The Morgan fingerprint density at radius 1 is 1.39 bits per heavy atom. The van der Waals surface area contributed by atoms with Crippen LogP contribution in [0.5, 0.6) is 0 Å². The summed E-state index contributed by atoms with van der Waals surface area (Å²) in [5.41, 5.74) is 1.03. The summed E-state index contributed by atoms with van der Waals surface area (Å²) < 4.78 is 10.8. The number of hydrogen-bond donors (Lipinski definition) is 0. The van der Waals surface area contributed by atoms with Crippen LogP contribution < -0.4 is 0 Å². The summed E-state index contributed by atoms with van der Waals surface area (Å²) >= 11 is 3.36. The van der Waals surface area contributed by atoms with Crippen molar-refractivity contribution in [3.8, 4) is 0 Å². The number of nitrogens with zero attached hydrogens (tertiary/aromatic N) is 2. The minimum Gasteiger partial charge on any atom is -0.460 e. The van der Waals surface area contributed by atoms with Crippen LogP contribution in [-0.2, 0) is 11.2 Å². The molecule has 1 heterocycles. The third-order valence-electron chi connectivity index (χ3n) is 2.19. The first-order valence-electron chi connectivity index (χ1n) is 5.43. The van der Waals surface area contributed by atoms with Crippen LogP contribution in [0.4, 0.5) is 0 Å². The number of rotatable bonds is 4. The summed E-state index contributed by atoms with van der Waals surface area (Å²) in [7, 11) is 0. The van der Waals surface area contributed by atoms with Gasteiger partial charge in [0.2, 0.25) is 5.89 Å². The van der Waals surface area contributed by atoms with Crippen molar-refractivity contribution in [2.45, 2.75) is 13.3 Å². The van der Waals surface area contributed by atoms with Gasteiger partial charge >= 0.3 is 5.97 Å². The molecule has 1 aromatic heterocycles. The van der Waals surface area contributed by atoms with Crippen molar-refractivity contribution in [2.24, 2.45) is 0 Å². The summed E-state index contributed by atoms with van der Waals surface area (Å²) in [4.78, 5) is 15.3. The number of carbonyl (C=O) groups excluding carboxylic acids is 1. The van der Waals surface area contributed by atoms with Crippen LogP contribution in [0.1, 0.15) is 29.0 Å². The Morgan fingerprint density at radius 3 is 2.78 bits per heavy atom. The lowest BCUT2D eigenvalue weighted by Crippen LogP contribution is -2.06. The Labute approximate surface area is 112 Å². The first-order chi connectivity index (χ1) is 8.69. The Morgan fingerprint density at radius 2 is 2.11 bits per heavy atom. The van der Waals surface area contributed by atoms with Gasteiger partial charge in [0.05, 0.1) is 13.0 Å². The molecule has 18 heavy (non-hydrogen) atoms. The van der Waals surface area contributed by atoms with Gasteiger partial charge in [-0.2, -0.15) is 4.98 Å². The molecule has 0 saturated carbocycles. The summed E-state index contributed by atoms with van der Waals surface area (Å²) in [5.74, 6) is -0.215. The van der Waals surface area contributed by atoms with Crippen LogP contribution in [0.25, 0.3) is 0 Å². The Bertz CT molecular complexity index is 537. The molecule has 2 rings (SSSR count). The zero-order valence-electron chi connectivity index (χ0n) is 9.72. The van der Waals surface area contributed by atoms with E-state index in [4.69, 9.17) is 9.26 Å². The van der Waals surface area contributed by atoms with E-state index in [9.17, 15) is 4.79 Å². The maximum Gasteiger partial charge on any atom is 0.379 e. The van der Waals surface area contributed by atoms with Crippen LogP contribution in [0, 0.1) is 0 Å². The average Bonchev–Trinajstić information content (AvgIpc) is 2.81. The average molecular weight is 311 g/mol. The zero-order chi connectivity index (χ0) is 13.0. The second-order valence-electron chi connectivity index (χ2n) is 3.54. The van der Waals surface area contributed by atoms with E-state index < -0.39 is 5.97 Å². The molecular weight excluding hydrogens is 300 g/mol. The molecule has 5 nitrogen and oxygen atoms in total. The van der Waals surface area contributed by atoms with Crippen molar-refractivity contribution in [2.75, 3.05) is 6.61 Å². The number of ether oxygens (including phenoxy) is 1. The number of halogens is 1. The van der Waals surface area contributed by atoms with E-state index in [1.165, 1.54) is 0 Å². The molecule has 0 bridgehead atoms. The van der Waals surface area contributed by atoms with Gasteiger partial charge < -0.3 is 9.26 Å². The fraction of sp³-hybridized carbons (Fsp3) is 0.250. The largest absolute Gasteiger partial charge is 0.460 e. The zero-order valence-corrected chi connectivity index (χ0v) is 11.3. The highest BCUT2D eigenvalue weighted by Gasteiger charge is 2.15. The molecule has 94 valence electrons. The van der Waals surface area contributed by atoms with Crippen molar-refractivity contribution in [3.05, 3.63) is 46.0 Å². The van der Waals surface area contributed by atoms with Crippen LogP contribution in [-0.4, -0.2) is 22.7 Å². The molecule has 0 aliphatic carbocycles. The molecule has 0 fully saturated rings. The maximum atomic E-state index is 11.3. The highest BCUT2D eigenvalue weighted by molar-refractivity contribution is 9.10. The first-order valence-corrected chi connectivity index (χ1v) is 6.22. The van der Waals surface area contributed by atoms with E-state index in [1.54, 1.807) is 6.92 Å². The van der Waals surface area contributed by atoms with Gasteiger partial charge in [0, 0.05) is 4.47 Å². The van der Waals surface area contributed by atoms with E-state index in [1.807, 2.05) is 24.3 Å². The smallest absolute Gasteiger partial charge is 0.379 e. The minimum absolute atomic E-state index is 0.0380. The molecular formula is C12H11BrN2O3. The van der Waals surface area contributed by atoms with E-state index >= 15 is 0 Å². The van der Waals surface area contributed by atoms with Gasteiger partial charge in [0.25, 0.3) is 5.82 Å². The van der Waals surface area contributed by atoms with E-state index in [-0.39, 0.29) is 12.4 Å². The lowest BCUT2D eigenvalue weighted by atomic mass is 10.1. The molecule has 0 spiro atoms. The Balaban J connectivity index is 2.06. The van der Waals surface area contributed by atoms with Gasteiger partial charge in [-0.3, -0.25) is 0 Å². The fourth-order valence-corrected chi connectivity index (χ4v) is 1.65. The third kappa shape index (κ3) is 3.16. The fourth-order valence-electron chi connectivity index (χ4n) is 1.38. The monoisotopic (exact) mass is 310 g/mol. The van der Waals surface area contributed by atoms with Crippen molar-refractivity contribution in [3.63, 3.8) is 0 Å². The number of benzene rings is 1. The molecule has 0 aliphatic rings. The summed E-state index contributed by atoms with van der Waals surface area (Å²) in [6.07, 6.45) is 0.486. The molecule has 0 atom stereocenters. The predicted molar refractivity (Wildman–Crippen MR) is 67.2 cm³/mol. The highest BCUT2D eigenvalue weighted by Crippen LogP contribution is 2.13. The molecule has 0 N–H and O–H groups in total. The topological polar surface area (TPSA) is 65.2 Å². The van der Waals surface area contributed by atoms with Crippen LogP contribution in [0.3, 0.4) is 0 Å². The van der Waals surface area contributed by atoms with Crippen molar-refractivity contribution in [1.82, 2.24) is 10.1 Å². The lowest BCUT2D eigenvalue weighted by molar-refractivity contribution is 0.0508. The van der Waals surface area contributed by atoms with Gasteiger partial charge in [-0.25, -0.2) is 4.79 Å². The van der Waals surface area contributed by atoms with Gasteiger partial charge in [-0.1, -0.05) is 28.1 Å². The Hall–Kier alpha value is -1.69. The predicted octanol–water partition coefficient (Wildman–Crippen LogP) is 2.60. The van der Waals surface area contributed by atoms with Crippen molar-refractivity contribution >= 4 is 21.9 Å². The van der Waals surface area contributed by atoms with Crippen molar-refractivity contribution in [1.29, 1.82) is 0 Å². The Kier molecular flexibility index (Phi) is 4.09. The first kappa shape index (κ1) is 12.8. The summed E-state index contributed by atoms with van der Waals surface area (Å²) in [5, 5.41) is 3.58. The standard InChI is InChI=1S/C12H11BrN2O3/c1-2-17-12(16)11-14-10(18-15-11)7-8-3-5-9(13)6-4-8/h3-6H,2,7H2,1H3. The van der Waals surface area contributed by atoms with Gasteiger partial charge in [-0.15, -0.1) is 0 Å². The minimum atomic E-state index is -0.566. The second-order valence-corrected chi connectivity index (χ2v) is 4.45. The number of carbonyl (C=O) groups is 1. The maximum absolute atomic E-state index is 11.3. The summed E-state index contributed by atoms with van der Waals surface area (Å²) in [6.45, 7) is 2.01. The van der Waals surface area contributed by atoms with Gasteiger partial charge in [0.15, 0.2) is 0 Å². The molecule has 0 saturated heterocycles. The highest BCUT2D eigenvalue weighted by atomic mass is 79.9. The number of esters is 1. The van der Waals surface area contributed by atoms with Crippen molar-refractivity contribution < 1.29 is 14.1 Å². The third-order valence-corrected chi connectivity index (χ3v) is 2.72.